The lowest BCUT2D eigenvalue weighted by Gasteiger charge is -2.25. The van der Waals surface area contributed by atoms with Crippen LogP contribution in [0.3, 0.4) is 0 Å². The van der Waals surface area contributed by atoms with Gasteiger partial charge >= 0.3 is 6.18 Å². The van der Waals surface area contributed by atoms with E-state index in [0.29, 0.717) is 22.5 Å². The summed E-state index contributed by atoms with van der Waals surface area (Å²) in [6.07, 6.45) is -2.88. The maximum atomic E-state index is 14.0. The van der Waals surface area contributed by atoms with Crippen LogP contribution >= 0.6 is 0 Å². The van der Waals surface area contributed by atoms with E-state index in [9.17, 15) is 21.6 Å². The largest absolute Gasteiger partial charge is 0.433 e. The van der Waals surface area contributed by atoms with Gasteiger partial charge in [-0.25, -0.2) is 13.4 Å². The number of benzene rings is 2. The summed E-state index contributed by atoms with van der Waals surface area (Å²) in [6.45, 7) is 5.89. The fraction of sp³-hybridized carbons (Fsp3) is 0.259. The van der Waals surface area contributed by atoms with Gasteiger partial charge in [0.05, 0.1) is 28.5 Å². The molecule has 4 aromatic rings. The van der Waals surface area contributed by atoms with E-state index in [4.69, 9.17) is 0 Å². The Morgan fingerprint density at radius 1 is 0.947 bits per heavy atom. The first-order chi connectivity index (χ1) is 17.7. The van der Waals surface area contributed by atoms with Crippen molar-refractivity contribution in [3.8, 4) is 11.3 Å². The second-order valence-corrected chi connectivity index (χ2v) is 12.1. The van der Waals surface area contributed by atoms with E-state index < -0.39 is 21.9 Å². The Balaban J connectivity index is 1.67. The Hall–Kier alpha value is -3.86. The molecule has 0 atom stereocenters. The number of pyridine rings is 1. The maximum Gasteiger partial charge on any atom is 0.433 e. The average Bonchev–Trinajstić information content (AvgIpc) is 3.20. The second kappa shape index (κ2) is 8.87. The molecule has 11 heteroatoms. The van der Waals surface area contributed by atoms with E-state index in [1.54, 1.807) is 66.5 Å². The third-order valence-electron chi connectivity index (χ3n) is 6.42. The van der Waals surface area contributed by atoms with Gasteiger partial charge in [-0.3, -0.25) is 8.99 Å². The molecule has 0 aliphatic carbocycles. The molecular formula is C27H26F3N5O2S. The summed E-state index contributed by atoms with van der Waals surface area (Å²) in [6, 6.07) is 15.6. The lowest BCUT2D eigenvalue weighted by molar-refractivity contribution is -0.141. The van der Waals surface area contributed by atoms with Crippen molar-refractivity contribution in [3.63, 3.8) is 0 Å². The number of hydrogen-bond donors (Lipinski definition) is 1. The fourth-order valence-electron chi connectivity index (χ4n) is 4.29. The third kappa shape index (κ3) is 4.73. The van der Waals surface area contributed by atoms with E-state index in [1.165, 1.54) is 10.4 Å². The number of sulfonamides is 1. The van der Waals surface area contributed by atoms with Gasteiger partial charge in [-0.2, -0.15) is 18.3 Å². The summed E-state index contributed by atoms with van der Waals surface area (Å²) >= 11 is 0. The van der Waals surface area contributed by atoms with E-state index in [-0.39, 0.29) is 28.4 Å². The predicted octanol–water partition coefficient (Wildman–Crippen LogP) is 6.25. The highest BCUT2D eigenvalue weighted by Gasteiger charge is 2.35. The van der Waals surface area contributed by atoms with Crippen LogP contribution in [0.5, 0.6) is 0 Å². The zero-order valence-corrected chi connectivity index (χ0v) is 22.0. The molecule has 0 bridgehead atoms. The Kier molecular flexibility index (Phi) is 6.01. The van der Waals surface area contributed by atoms with Gasteiger partial charge < -0.3 is 5.32 Å². The zero-order valence-electron chi connectivity index (χ0n) is 21.2. The quantitative estimate of drug-likeness (QED) is 0.332. The molecule has 0 saturated carbocycles. The summed E-state index contributed by atoms with van der Waals surface area (Å²) in [5, 5.41) is 7.34. The molecule has 5 rings (SSSR count). The summed E-state index contributed by atoms with van der Waals surface area (Å²) in [5.74, 6) is -0.0487. The Bertz CT molecular complexity index is 1620. The number of anilines is 3. The highest BCUT2D eigenvalue weighted by Crippen LogP contribution is 2.41. The van der Waals surface area contributed by atoms with Gasteiger partial charge in [0.15, 0.2) is 0 Å². The van der Waals surface area contributed by atoms with E-state index >= 15 is 0 Å². The number of nitrogens with zero attached hydrogens (tertiary/aromatic N) is 4. The minimum atomic E-state index is -4.64. The Morgan fingerprint density at radius 2 is 1.66 bits per heavy atom. The number of nitrogens with one attached hydrogen (secondary N) is 1. The molecule has 0 saturated heterocycles. The number of aryl methyl sites for hydroxylation is 1. The van der Waals surface area contributed by atoms with E-state index in [2.05, 4.69) is 15.4 Å². The minimum absolute atomic E-state index is 0.0487. The van der Waals surface area contributed by atoms with Crippen molar-refractivity contribution in [2.75, 3.05) is 9.62 Å². The maximum absolute atomic E-state index is 14.0. The smallest absolute Gasteiger partial charge is 0.338 e. The van der Waals surface area contributed by atoms with Gasteiger partial charge in [-0.15, -0.1) is 0 Å². The highest BCUT2D eigenvalue weighted by atomic mass is 32.2. The van der Waals surface area contributed by atoms with Crippen LogP contribution in [0.15, 0.2) is 71.8 Å². The molecule has 0 unspecified atom stereocenters. The lowest BCUT2D eigenvalue weighted by Crippen LogP contribution is -2.30. The number of alkyl halides is 3. The Labute approximate surface area is 219 Å². The van der Waals surface area contributed by atoms with Crippen molar-refractivity contribution in [2.24, 2.45) is 7.05 Å². The summed E-state index contributed by atoms with van der Waals surface area (Å²) in [7, 11) is -2.35. The summed E-state index contributed by atoms with van der Waals surface area (Å²) in [5.41, 5.74) is 1.92. The van der Waals surface area contributed by atoms with Crippen LogP contribution in [0.25, 0.3) is 11.3 Å². The monoisotopic (exact) mass is 541 g/mol. The lowest BCUT2D eigenvalue weighted by atomic mass is 9.87. The van der Waals surface area contributed by atoms with Crippen molar-refractivity contribution in [1.82, 2.24) is 14.8 Å². The fourth-order valence-corrected chi connectivity index (χ4v) is 5.74. The predicted molar refractivity (Wildman–Crippen MR) is 140 cm³/mol. The van der Waals surface area contributed by atoms with Crippen LogP contribution in [0.2, 0.25) is 0 Å². The SMILES string of the molecule is Cn1ccc(-c2ccc3c(c2)N(S(=O)(=O)c2ccc(C(C)(C)C)cc2)Cc2ccc(C(F)(F)F)nc2N3)n1. The van der Waals surface area contributed by atoms with Crippen molar-refractivity contribution < 1.29 is 21.6 Å². The van der Waals surface area contributed by atoms with Gasteiger partial charge in [0, 0.05) is 24.4 Å². The molecule has 0 amide bonds. The van der Waals surface area contributed by atoms with Gasteiger partial charge in [0.2, 0.25) is 0 Å². The molecule has 2 aromatic heterocycles. The molecule has 0 spiro atoms. The van der Waals surface area contributed by atoms with Crippen molar-refractivity contribution >= 4 is 27.2 Å². The third-order valence-corrected chi connectivity index (χ3v) is 8.19. The van der Waals surface area contributed by atoms with E-state index in [0.717, 1.165) is 11.6 Å². The van der Waals surface area contributed by atoms with Crippen LogP contribution in [-0.4, -0.2) is 23.2 Å². The molecule has 2 aromatic carbocycles. The van der Waals surface area contributed by atoms with Crippen LogP contribution in [-0.2, 0) is 35.2 Å². The van der Waals surface area contributed by atoms with Crippen LogP contribution in [0.1, 0.15) is 37.6 Å². The molecule has 1 aliphatic rings. The van der Waals surface area contributed by atoms with Crippen molar-refractivity contribution in [2.45, 2.75) is 43.8 Å². The van der Waals surface area contributed by atoms with Gasteiger partial charge in [-0.05, 0) is 47.4 Å². The molecule has 0 fully saturated rings. The van der Waals surface area contributed by atoms with Crippen LogP contribution < -0.4 is 9.62 Å². The minimum Gasteiger partial charge on any atom is -0.338 e. The topological polar surface area (TPSA) is 80.1 Å². The average molecular weight is 542 g/mol. The number of hydrogen-bond acceptors (Lipinski definition) is 5. The molecule has 3 heterocycles. The molecular weight excluding hydrogens is 515 g/mol. The summed E-state index contributed by atoms with van der Waals surface area (Å²) in [4.78, 5) is 3.85. The second-order valence-electron chi connectivity index (χ2n) is 10.2. The molecule has 0 radical (unpaired) electrons. The van der Waals surface area contributed by atoms with Gasteiger partial charge in [-0.1, -0.05) is 45.0 Å². The standard InChI is InChI=1S/C27H26F3N5O2S/c1-26(2,3)19-7-9-20(10-8-19)38(36,37)35-16-18-6-12-24(27(28,29)30)32-25(18)31-22-11-5-17(15-23(22)35)21-13-14-34(4)33-21/h5-15H,16H2,1-4H3,(H,31,32). The van der Waals surface area contributed by atoms with Gasteiger partial charge in [0.1, 0.15) is 11.5 Å². The Morgan fingerprint density at radius 3 is 2.26 bits per heavy atom. The molecule has 7 nitrogen and oxygen atoms in total. The number of rotatable bonds is 3. The first-order valence-electron chi connectivity index (χ1n) is 11.8. The van der Waals surface area contributed by atoms with Crippen molar-refractivity contribution in [1.29, 1.82) is 0 Å². The zero-order chi connectivity index (χ0) is 27.5. The highest BCUT2D eigenvalue weighted by molar-refractivity contribution is 7.92. The van der Waals surface area contributed by atoms with Gasteiger partial charge in [0.25, 0.3) is 10.0 Å². The van der Waals surface area contributed by atoms with Crippen LogP contribution in [0.4, 0.5) is 30.4 Å². The van der Waals surface area contributed by atoms with E-state index in [1.807, 2.05) is 20.8 Å². The van der Waals surface area contributed by atoms with Crippen molar-refractivity contribution in [3.05, 3.63) is 83.7 Å². The molecule has 1 N–H and O–H groups in total. The number of halogens is 3. The van der Waals surface area contributed by atoms with Crippen LogP contribution in [0, 0.1) is 0 Å². The molecule has 1 aliphatic heterocycles. The molecule has 38 heavy (non-hydrogen) atoms. The number of fused-ring (bicyclic) bond motifs is 2. The molecule has 198 valence electrons. The summed E-state index contributed by atoms with van der Waals surface area (Å²) < 4.78 is 71.1. The first kappa shape index (κ1) is 25.8. The number of aromatic nitrogens is 3. The normalized spacial score (nSPS) is 13.9. The first-order valence-corrected chi connectivity index (χ1v) is 13.3.